The molecule has 25 heavy (non-hydrogen) atoms. The van der Waals surface area contributed by atoms with Gasteiger partial charge in [-0.2, -0.15) is 0 Å². The van der Waals surface area contributed by atoms with Crippen molar-refractivity contribution < 1.29 is 13.5 Å². The van der Waals surface area contributed by atoms with Gasteiger partial charge in [-0.3, -0.25) is 0 Å². The molecule has 1 heterocycles. The molecule has 3 nitrogen and oxygen atoms in total. The van der Waals surface area contributed by atoms with Crippen molar-refractivity contribution in [2.24, 2.45) is 0 Å². The van der Waals surface area contributed by atoms with E-state index in [0.717, 1.165) is 40.1 Å². The first kappa shape index (κ1) is 15.3. The van der Waals surface area contributed by atoms with Crippen molar-refractivity contribution in [1.29, 1.82) is 0 Å². The number of H-pyrrole nitrogens is 1. The summed E-state index contributed by atoms with van der Waals surface area (Å²) < 4.78 is 31.7. The number of imidazole rings is 1. The second kappa shape index (κ2) is 6.36. The molecule has 1 N–H and O–H groups in total. The number of aromatic amines is 1. The van der Waals surface area contributed by atoms with Crippen LogP contribution in [0.15, 0.2) is 66.7 Å². The first-order chi connectivity index (χ1) is 12.2. The Hall–Kier alpha value is -3.21. The van der Waals surface area contributed by atoms with Gasteiger partial charge in [0.2, 0.25) is 0 Å². The van der Waals surface area contributed by atoms with E-state index in [-0.39, 0.29) is 12.4 Å². The Morgan fingerprint density at radius 2 is 1.76 bits per heavy atom. The van der Waals surface area contributed by atoms with Gasteiger partial charge in [-0.1, -0.05) is 30.3 Å². The van der Waals surface area contributed by atoms with Crippen molar-refractivity contribution in [1.82, 2.24) is 9.97 Å². The van der Waals surface area contributed by atoms with E-state index in [2.05, 4.69) is 9.97 Å². The smallest absolute Gasteiger partial charge is 0.162 e. The summed E-state index contributed by atoms with van der Waals surface area (Å²) in [4.78, 5) is 7.86. The van der Waals surface area contributed by atoms with Gasteiger partial charge >= 0.3 is 0 Å². The highest BCUT2D eigenvalue weighted by molar-refractivity contribution is 5.79. The molecular formula is C20H14F2N2O. The molecule has 0 unspecified atom stereocenters. The Morgan fingerprint density at radius 3 is 2.60 bits per heavy atom. The molecule has 0 saturated heterocycles. The highest BCUT2D eigenvalue weighted by Crippen LogP contribution is 2.22. The molecular weight excluding hydrogens is 322 g/mol. The summed E-state index contributed by atoms with van der Waals surface area (Å²) in [7, 11) is 0. The first-order valence-corrected chi connectivity index (χ1v) is 7.81. The SMILES string of the molecule is Fc1ccc(OCc2cccc(-c3nc4ccccc4[nH]3)c2)cc1F. The van der Waals surface area contributed by atoms with Crippen LogP contribution in [0.1, 0.15) is 5.56 Å². The minimum Gasteiger partial charge on any atom is -0.489 e. The van der Waals surface area contributed by atoms with Crippen LogP contribution in [0.4, 0.5) is 8.78 Å². The number of fused-ring (bicyclic) bond motifs is 1. The molecule has 0 bridgehead atoms. The van der Waals surface area contributed by atoms with Gasteiger partial charge in [-0.25, -0.2) is 13.8 Å². The van der Waals surface area contributed by atoms with E-state index in [1.165, 1.54) is 6.07 Å². The number of hydrogen-bond acceptors (Lipinski definition) is 2. The quantitative estimate of drug-likeness (QED) is 0.564. The molecule has 124 valence electrons. The van der Waals surface area contributed by atoms with Crippen LogP contribution in [0.5, 0.6) is 5.75 Å². The maximum Gasteiger partial charge on any atom is 0.162 e. The number of halogens is 2. The van der Waals surface area contributed by atoms with Crippen LogP contribution in [0.3, 0.4) is 0 Å². The lowest BCUT2D eigenvalue weighted by molar-refractivity contribution is 0.303. The summed E-state index contributed by atoms with van der Waals surface area (Å²) in [5.74, 6) is -0.753. The highest BCUT2D eigenvalue weighted by Gasteiger charge is 2.07. The number of nitrogens with one attached hydrogen (secondary N) is 1. The lowest BCUT2D eigenvalue weighted by atomic mass is 10.1. The summed E-state index contributed by atoms with van der Waals surface area (Å²) in [6.45, 7) is 0.249. The van der Waals surface area contributed by atoms with Crippen molar-refractivity contribution in [3.05, 3.63) is 83.9 Å². The summed E-state index contributed by atoms with van der Waals surface area (Å²) in [6.07, 6.45) is 0. The topological polar surface area (TPSA) is 37.9 Å². The van der Waals surface area contributed by atoms with Crippen molar-refractivity contribution in [2.45, 2.75) is 6.61 Å². The summed E-state index contributed by atoms with van der Waals surface area (Å²) in [5.41, 5.74) is 3.71. The fourth-order valence-electron chi connectivity index (χ4n) is 2.63. The second-order valence-corrected chi connectivity index (χ2v) is 5.67. The van der Waals surface area contributed by atoms with E-state index in [4.69, 9.17) is 4.74 Å². The standard InChI is InChI=1S/C20H14F2N2O/c21-16-9-8-15(11-17(16)22)25-12-13-4-3-5-14(10-13)20-23-18-6-1-2-7-19(18)24-20/h1-11H,12H2,(H,23,24). The van der Waals surface area contributed by atoms with Crippen molar-refractivity contribution in [2.75, 3.05) is 0 Å². The van der Waals surface area contributed by atoms with E-state index in [1.807, 2.05) is 48.5 Å². The minimum atomic E-state index is -0.923. The molecule has 4 aromatic rings. The molecule has 0 fully saturated rings. The van der Waals surface area contributed by atoms with E-state index in [9.17, 15) is 8.78 Å². The third-order valence-electron chi connectivity index (χ3n) is 3.89. The van der Waals surface area contributed by atoms with Crippen LogP contribution in [0.25, 0.3) is 22.4 Å². The number of nitrogens with zero attached hydrogens (tertiary/aromatic N) is 1. The number of rotatable bonds is 4. The Labute approximate surface area is 142 Å². The molecule has 0 saturated carbocycles. The lowest BCUT2D eigenvalue weighted by Crippen LogP contribution is -1.97. The van der Waals surface area contributed by atoms with Gasteiger partial charge in [0.05, 0.1) is 11.0 Å². The Bertz CT molecular complexity index is 1010. The lowest BCUT2D eigenvalue weighted by Gasteiger charge is -2.07. The summed E-state index contributed by atoms with van der Waals surface area (Å²) >= 11 is 0. The van der Waals surface area contributed by atoms with Gasteiger partial charge in [0, 0.05) is 11.6 Å². The normalized spacial score (nSPS) is 11.0. The maximum atomic E-state index is 13.2. The summed E-state index contributed by atoms with van der Waals surface area (Å²) in [5, 5.41) is 0. The zero-order valence-corrected chi connectivity index (χ0v) is 13.2. The molecule has 0 aliphatic rings. The van der Waals surface area contributed by atoms with Crippen LogP contribution in [0, 0.1) is 11.6 Å². The van der Waals surface area contributed by atoms with Gasteiger partial charge < -0.3 is 9.72 Å². The average molecular weight is 336 g/mol. The molecule has 0 amide bonds. The van der Waals surface area contributed by atoms with Crippen molar-refractivity contribution in [3.8, 4) is 17.1 Å². The van der Waals surface area contributed by atoms with Crippen LogP contribution in [0.2, 0.25) is 0 Å². The van der Waals surface area contributed by atoms with E-state index >= 15 is 0 Å². The highest BCUT2D eigenvalue weighted by atomic mass is 19.2. The monoisotopic (exact) mass is 336 g/mol. The minimum absolute atomic E-state index is 0.249. The maximum absolute atomic E-state index is 13.2. The molecule has 0 atom stereocenters. The van der Waals surface area contributed by atoms with E-state index in [1.54, 1.807) is 0 Å². The van der Waals surface area contributed by atoms with Crippen LogP contribution in [-0.2, 0) is 6.61 Å². The van der Waals surface area contributed by atoms with Crippen molar-refractivity contribution in [3.63, 3.8) is 0 Å². The van der Waals surface area contributed by atoms with E-state index < -0.39 is 11.6 Å². The molecule has 0 radical (unpaired) electrons. The Morgan fingerprint density at radius 1 is 0.880 bits per heavy atom. The zero-order valence-electron chi connectivity index (χ0n) is 13.2. The summed E-state index contributed by atoms with van der Waals surface area (Å²) in [6, 6.07) is 19.0. The van der Waals surface area contributed by atoms with Gasteiger partial charge in [0.15, 0.2) is 11.6 Å². The number of ether oxygens (including phenoxy) is 1. The van der Waals surface area contributed by atoms with Gasteiger partial charge in [-0.15, -0.1) is 0 Å². The predicted molar refractivity (Wildman–Crippen MR) is 92.2 cm³/mol. The van der Waals surface area contributed by atoms with E-state index in [0.29, 0.717) is 0 Å². The fraction of sp³-hybridized carbons (Fsp3) is 0.0500. The molecule has 5 heteroatoms. The molecule has 3 aromatic carbocycles. The van der Waals surface area contributed by atoms with Crippen LogP contribution < -0.4 is 4.74 Å². The van der Waals surface area contributed by atoms with Gasteiger partial charge in [0.25, 0.3) is 0 Å². The second-order valence-electron chi connectivity index (χ2n) is 5.67. The Kier molecular flexibility index (Phi) is 3.90. The largest absolute Gasteiger partial charge is 0.489 e. The van der Waals surface area contributed by atoms with Gasteiger partial charge in [0.1, 0.15) is 18.2 Å². The fourth-order valence-corrected chi connectivity index (χ4v) is 2.63. The molecule has 0 spiro atoms. The number of benzene rings is 3. The van der Waals surface area contributed by atoms with Crippen LogP contribution in [-0.4, -0.2) is 9.97 Å². The molecule has 0 aliphatic carbocycles. The third-order valence-corrected chi connectivity index (χ3v) is 3.89. The van der Waals surface area contributed by atoms with Crippen LogP contribution >= 0.6 is 0 Å². The molecule has 0 aliphatic heterocycles. The van der Waals surface area contributed by atoms with Crippen molar-refractivity contribution >= 4 is 11.0 Å². The Balaban J connectivity index is 1.55. The average Bonchev–Trinajstić information content (AvgIpc) is 3.07. The number of aromatic nitrogens is 2. The van der Waals surface area contributed by atoms with Gasteiger partial charge in [-0.05, 0) is 35.9 Å². The first-order valence-electron chi connectivity index (χ1n) is 7.81. The number of hydrogen-bond donors (Lipinski definition) is 1. The number of para-hydroxylation sites is 2. The third kappa shape index (κ3) is 3.21. The molecule has 1 aromatic heterocycles. The zero-order chi connectivity index (χ0) is 17.2. The molecule has 4 rings (SSSR count). The predicted octanol–water partition coefficient (Wildman–Crippen LogP) is 5.09.